The summed E-state index contributed by atoms with van der Waals surface area (Å²) in [5.41, 5.74) is 0.921. The number of β-amino-alcohol motifs (C(OH)–C–C–N with tert-alkyl or cyclic N) is 1. The number of rotatable bonds is 9. The summed E-state index contributed by atoms with van der Waals surface area (Å²) in [5.74, 6) is 1.99. The second-order valence-electron chi connectivity index (χ2n) is 9.57. The second-order valence-corrected chi connectivity index (χ2v) is 9.57. The highest BCUT2D eigenvalue weighted by atomic mass is 19.4. The molecule has 0 amide bonds. The molecule has 3 heterocycles. The molecular weight excluding hydrogens is 499 g/mol. The first kappa shape index (κ1) is 26.3. The number of morpholine rings is 1. The van der Waals surface area contributed by atoms with E-state index in [-0.39, 0.29) is 24.3 Å². The Labute approximate surface area is 218 Å². The quantitative estimate of drug-likeness (QED) is 0.454. The maximum Gasteiger partial charge on any atom is 0.416 e. The van der Waals surface area contributed by atoms with Gasteiger partial charge in [0.1, 0.15) is 5.84 Å². The van der Waals surface area contributed by atoms with Gasteiger partial charge in [-0.05, 0) is 54.2 Å². The van der Waals surface area contributed by atoms with Crippen molar-refractivity contribution in [1.29, 1.82) is 0 Å². The molecule has 2 aromatic rings. The predicted molar refractivity (Wildman–Crippen MR) is 139 cm³/mol. The Hall–Kier alpha value is -3.35. The number of amidine groups is 1. The van der Waals surface area contributed by atoms with Gasteiger partial charge in [-0.1, -0.05) is 18.2 Å². The zero-order valence-corrected chi connectivity index (χ0v) is 20.8. The minimum atomic E-state index is -4.43. The maximum atomic E-state index is 13.1. The van der Waals surface area contributed by atoms with Crippen LogP contribution in [0, 0.1) is 5.92 Å². The number of nitrogens with one attached hydrogen (secondary N) is 2. The molecule has 9 nitrogen and oxygen atoms in total. The summed E-state index contributed by atoms with van der Waals surface area (Å²) in [6, 6.07) is 5.02. The summed E-state index contributed by atoms with van der Waals surface area (Å²) >= 11 is 0. The third-order valence-electron chi connectivity index (χ3n) is 6.46. The van der Waals surface area contributed by atoms with E-state index in [4.69, 9.17) is 4.74 Å². The topological polar surface area (TPSA) is 108 Å². The number of nitrogens with zero attached hydrogens (tertiary/aromatic N) is 5. The lowest BCUT2D eigenvalue weighted by Crippen LogP contribution is -2.42. The molecule has 38 heavy (non-hydrogen) atoms. The van der Waals surface area contributed by atoms with Crippen molar-refractivity contribution in [2.75, 3.05) is 56.6 Å². The van der Waals surface area contributed by atoms with E-state index in [2.05, 4.69) is 35.5 Å². The van der Waals surface area contributed by atoms with E-state index in [1.165, 1.54) is 36.6 Å². The summed E-state index contributed by atoms with van der Waals surface area (Å²) in [4.78, 5) is 19.9. The monoisotopic (exact) mass is 529 g/mol. The average Bonchev–Trinajstić information content (AvgIpc) is 3.65. The van der Waals surface area contributed by atoms with E-state index >= 15 is 0 Å². The predicted octanol–water partition coefficient (Wildman–Crippen LogP) is 3.33. The molecule has 0 spiro atoms. The average molecular weight is 530 g/mol. The minimum Gasteiger partial charge on any atom is -0.390 e. The Balaban J connectivity index is 1.31. The molecule has 1 aliphatic carbocycles. The van der Waals surface area contributed by atoms with Gasteiger partial charge in [0, 0.05) is 26.2 Å². The zero-order valence-electron chi connectivity index (χ0n) is 20.8. The van der Waals surface area contributed by atoms with Crippen molar-refractivity contribution in [3.63, 3.8) is 0 Å². The van der Waals surface area contributed by atoms with Crippen LogP contribution in [0.25, 0.3) is 12.2 Å². The molecule has 1 saturated carbocycles. The molecule has 5 rings (SSSR count). The number of ether oxygens (including phenoxy) is 1. The number of anilines is 2. The molecule has 0 bridgehead atoms. The van der Waals surface area contributed by atoms with Gasteiger partial charge in [0.15, 0.2) is 5.82 Å². The van der Waals surface area contributed by atoms with Crippen molar-refractivity contribution in [2.24, 2.45) is 10.9 Å². The summed E-state index contributed by atoms with van der Waals surface area (Å²) in [6.45, 7) is 4.17. The van der Waals surface area contributed by atoms with Gasteiger partial charge in [0.05, 0.1) is 31.4 Å². The van der Waals surface area contributed by atoms with Crippen molar-refractivity contribution < 1.29 is 23.0 Å². The number of aliphatic hydroxyl groups is 1. The molecule has 1 unspecified atom stereocenters. The van der Waals surface area contributed by atoms with E-state index in [1.807, 2.05) is 6.08 Å². The summed E-state index contributed by atoms with van der Waals surface area (Å²) in [5, 5.41) is 16.7. The van der Waals surface area contributed by atoms with Gasteiger partial charge in [0.25, 0.3) is 0 Å². The van der Waals surface area contributed by atoms with Crippen LogP contribution in [0.3, 0.4) is 0 Å². The first-order valence-corrected chi connectivity index (χ1v) is 12.7. The van der Waals surface area contributed by atoms with Crippen LogP contribution in [0.15, 0.2) is 40.9 Å². The highest BCUT2D eigenvalue weighted by Gasteiger charge is 2.30. The van der Waals surface area contributed by atoms with Gasteiger partial charge in [0.2, 0.25) is 11.9 Å². The van der Waals surface area contributed by atoms with Gasteiger partial charge in [-0.2, -0.15) is 28.1 Å². The molecule has 1 saturated heterocycles. The third kappa shape index (κ3) is 7.36. The maximum absolute atomic E-state index is 13.1. The van der Waals surface area contributed by atoms with Crippen LogP contribution < -0.4 is 10.6 Å². The number of halogens is 3. The first-order chi connectivity index (χ1) is 18.3. The van der Waals surface area contributed by atoms with Crippen molar-refractivity contribution in [3.05, 3.63) is 52.9 Å². The van der Waals surface area contributed by atoms with Crippen LogP contribution in [0.2, 0.25) is 0 Å². The fraction of sp³-hybridized carbons (Fsp3) is 0.462. The van der Waals surface area contributed by atoms with Gasteiger partial charge in [-0.25, -0.2) is 0 Å². The van der Waals surface area contributed by atoms with Crippen LogP contribution in [0.1, 0.15) is 29.8 Å². The lowest BCUT2D eigenvalue weighted by atomic mass is 10.1. The molecule has 2 aliphatic heterocycles. The lowest BCUT2D eigenvalue weighted by molar-refractivity contribution is -0.137. The molecule has 1 aromatic heterocycles. The van der Waals surface area contributed by atoms with Crippen LogP contribution in [-0.4, -0.2) is 82.8 Å². The molecule has 3 N–H and O–H groups in total. The van der Waals surface area contributed by atoms with Gasteiger partial charge in [-0.15, -0.1) is 0 Å². The van der Waals surface area contributed by atoms with E-state index in [9.17, 15) is 18.3 Å². The highest BCUT2D eigenvalue weighted by Crippen LogP contribution is 2.37. The van der Waals surface area contributed by atoms with E-state index in [0.29, 0.717) is 43.6 Å². The number of aromatic nitrogens is 3. The van der Waals surface area contributed by atoms with Crippen molar-refractivity contribution in [2.45, 2.75) is 25.1 Å². The van der Waals surface area contributed by atoms with E-state index in [0.717, 1.165) is 25.2 Å². The molecule has 12 heteroatoms. The minimum absolute atomic E-state index is 0.213. The number of aliphatic hydroxyl groups excluding tert-OH is 1. The van der Waals surface area contributed by atoms with Crippen molar-refractivity contribution >= 4 is 29.9 Å². The fourth-order valence-corrected chi connectivity index (χ4v) is 4.28. The SMILES string of the molecule is OC(CNc1nc(/C=C/c2cccc(C(F)(F)F)c2)nc(NC2=NCC(C3CC3)=C2)n1)CN1CCOCC1. The van der Waals surface area contributed by atoms with Gasteiger partial charge < -0.3 is 20.5 Å². The highest BCUT2D eigenvalue weighted by molar-refractivity contribution is 6.05. The third-order valence-corrected chi connectivity index (χ3v) is 6.46. The normalized spacial score (nSPS) is 19.4. The van der Waals surface area contributed by atoms with Crippen LogP contribution in [0.4, 0.5) is 25.1 Å². The molecule has 1 atom stereocenters. The Morgan fingerprint density at radius 2 is 1.89 bits per heavy atom. The lowest BCUT2D eigenvalue weighted by Gasteiger charge is -2.28. The van der Waals surface area contributed by atoms with Crippen molar-refractivity contribution in [1.82, 2.24) is 19.9 Å². The number of hydrogen-bond acceptors (Lipinski definition) is 9. The fourth-order valence-electron chi connectivity index (χ4n) is 4.28. The Morgan fingerprint density at radius 1 is 1.11 bits per heavy atom. The van der Waals surface area contributed by atoms with E-state index in [1.54, 1.807) is 6.07 Å². The number of alkyl halides is 3. The standard InChI is InChI=1S/C26H30F3N7O2/c27-26(28,29)20-3-1-2-17(12-20)4-7-22-32-24(31-15-21(37)16-36-8-10-38-11-9-36)35-25(33-22)34-23-13-19(14-30-23)18-5-6-18/h1-4,7,12-13,18,21,37H,5-6,8-11,14-16H2,(H2,30,31,32,33,34,35)/b7-4+. The Kier molecular flexibility index (Phi) is 8.01. The Morgan fingerprint density at radius 3 is 2.66 bits per heavy atom. The Bertz CT molecular complexity index is 1220. The molecule has 202 valence electrons. The molecule has 2 fully saturated rings. The largest absolute Gasteiger partial charge is 0.416 e. The van der Waals surface area contributed by atoms with Crippen LogP contribution >= 0.6 is 0 Å². The van der Waals surface area contributed by atoms with Crippen LogP contribution in [-0.2, 0) is 10.9 Å². The molecule has 3 aliphatic rings. The first-order valence-electron chi connectivity index (χ1n) is 12.7. The zero-order chi connectivity index (χ0) is 26.5. The molecule has 0 radical (unpaired) electrons. The van der Waals surface area contributed by atoms with Gasteiger partial charge in [-0.3, -0.25) is 9.89 Å². The number of aliphatic imine (C=N–C) groups is 1. The van der Waals surface area contributed by atoms with E-state index < -0.39 is 17.8 Å². The summed E-state index contributed by atoms with van der Waals surface area (Å²) in [6.07, 6.45) is 2.34. The number of benzene rings is 1. The number of hydrogen-bond donors (Lipinski definition) is 3. The van der Waals surface area contributed by atoms with Crippen molar-refractivity contribution in [3.8, 4) is 0 Å². The molecule has 1 aromatic carbocycles. The van der Waals surface area contributed by atoms with Gasteiger partial charge >= 0.3 is 6.18 Å². The molecular formula is C26H30F3N7O2. The van der Waals surface area contributed by atoms with Crippen LogP contribution in [0.5, 0.6) is 0 Å². The smallest absolute Gasteiger partial charge is 0.390 e. The summed E-state index contributed by atoms with van der Waals surface area (Å²) in [7, 11) is 0. The summed E-state index contributed by atoms with van der Waals surface area (Å²) < 4.78 is 44.6. The second kappa shape index (κ2) is 11.6.